The summed E-state index contributed by atoms with van der Waals surface area (Å²) in [6.45, 7) is 0. The molecule has 1 amide bonds. The second kappa shape index (κ2) is 7.79. The highest BCUT2D eigenvalue weighted by Crippen LogP contribution is 2.27. The number of hydrogen-bond acceptors (Lipinski definition) is 4. The van der Waals surface area contributed by atoms with Crippen LogP contribution in [0.3, 0.4) is 0 Å². The lowest BCUT2D eigenvalue weighted by atomic mass is 10.3. The summed E-state index contributed by atoms with van der Waals surface area (Å²) < 4.78 is 55.4. The minimum Gasteiger partial charge on any atom is -0.495 e. The third-order valence-corrected chi connectivity index (χ3v) is 5.29. The number of carbonyl (C=O) groups excluding carboxylic acids is 1. The van der Waals surface area contributed by atoms with Gasteiger partial charge in [-0.1, -0.05) is 11.6 Å². The molecule has 0 aromatic heterocycles. The molecule has 2 aromatic rings. The Morgan fingerprint density at radius 2 is 1.88 bits per heavy atom. The summed E-state index contributed by atoms with van der Waals surface area (Å²) in [5.74, 6) is -2.94. The summed E-state index contributed by atoms with van der Waals surface area (Å²) >= 11 is 5.90. The van der Waals surface area contributed by atoms with Gasteiger partial charge in [0.15, 0.2) is 21.5 Å². The number of carbonyl (C=O) groups is 1. The van der Waals surface area contributed by atoms with Gasteiger partial charge >= 0.3 is 0 Å². The molecule has 0 saturated heterocycles. The van der Waals surface area contributed by atoms with E-state index in [-0.39, 0.29) is 22.0 Å². The molecule has 0 saturated carbocycles. The molecular weight excluding hydrogens is 376 g/mol. The predicted octanol–water partition coefficient (Wildman–Crippen LogP) is 3.43. The van der Waals surface area contributed by atoms with Crippen molar-refractivity contribution in [3.8, 4) is 5.75 Å². The van der Waals surface area contributed by atoms with Crippen molar-refractivity contribution in [1.29, 1.82) is 0 Å². The number of sulfone groups is 1. The molecule has 0 atom stereocenters. The van der Waals surface area contributed by atoms with E-state index in [2.05, 4.69) is 5.32 Å². The fourth-order valence-electron chi connectivity index (χ4n) is 1.98. The van der Waals surface area contributed by atoms with Crippen LogP contribution in [0.2, 0.25) is 5.02 Å². The van der Waals surface area contributed by atoms with Crippen molar-refractivity contribution in [2.45, 2.75) is 11.3 Å². The van der Waals surface area contributed by atoms with Crippen LogP contribution in [0, 0.1) is 11.6 Å². The molecule has 0 bridgehead atoms. The lowest BCUT2D eigenvalue weighted by Crippen LogP contribution is -2.17. The zero-order valence-corrected chi connectivity index (χ0v) is 14.6. The van der Waals surface area contributed by atoms with Crippen LogP contribution in [0.1, 0.15) is 6.42 Å². The van der Waals surface area contributed by atoms with E-state index in [1.807, 2.05) is 0 Å². The molecule has 2 rings (SSSR count). The predicted molar refractivity (Wildman–Crippen MR) is 89.7 cm³/mol. The SMILES string of the molecule is COc1ccc(S(=O)(=O)CCC(=O)Nc2ccc(F)c(F)c2)cc1Cl. The molecule has 1 N–H and O–H groups in total. The Morgan fingerprint density at radius 1 is 1.16 bits per heavy atom. The van der Waals surface area contributed by atoms with Crippen LogP contribution in [-0.4, -0.2) is 27.2 Å². The number of amides is 1. The highest BCUT2D eigenvalue weighted by molar-refractivity contribution is 7.91. The maximum atomic E-state index is 13.1. The zero-order chi connectivity index (χ0) is 18.6. The summed E-state index contributed by atoms with van der Waals surface area (Å²) in [6.07, 6.45) is -0.356. The Labute approximate surface area is 148 Å². The molecule has 0 heterocycles. The minimum absolute atomic E-state index is 0.0359. The molecular formula is C16H14ClF2NO4S. The van der Waals surface area contributed by atoms with E-state index < -0.39 is 33.1 Å². The average Bonchev–Trinajstić information content (AvgIpc) is 2.56. The highest BCUT2D eigenvalue weighted by Gasteiger charge is 2.18. The first-order chi connectivity index (χ1) is 11.7. The molecule has 0 aliphatic rings. The van der Waals surface area contributed by atoms with E-state index in [0.717, 1.165) is 12.1 Å². The number of methoxy groups -OCH3 is 1. The number of hydrogen-bond donors (Lipinski definition) is 1. The number of ether oxygens (including phenoxy) is 1. The number of rotatable bonds is 6. The summed E-state index contributed by atoms with van der Waals surface area (Å²) in [7, 11) is -2.34. The van der Waals surface area contributed by atoms with E-state index in [1.54, 1.807) is 0 Å². The number of halogens is 3. The smallest absolute Gasteiger partial charge is 0.225 e. The fourth-order valence-corrected chi connectivity index (χ4v) is 3.57. The van der Waals surface area contributed by atoms with Crippen molar-refractivity contribution in [2.75, 3.05) is 18.2 Å². The lowest BCUT2D eigenvalue weighted by molar-refractivity contribution is -0.115. The van der Waals surface area contributed by atoms with E-state index in [4.69, 9.17) is 16.3 Å². The molecule has 0 unspecified atom stereocenters. The molecule has 0 radical (unpaired) electrons. The quantitative estimate of drug-likeness (QED) is 0.821. The van der Waals surface area contributed by atoms with Gasteiger partial charge in [0.25, 0.3) is 0 Å². The van der Waals surface area contributed by atoms with Crippen molar-refractivity contribution in [2.24, 2.45) is 0 Å². The van der Waals surface area contributed by atoms with Crippen LogP contribution >= 0.6 is 11.6 Å². The van der Waals surface area contributed by atoms with Gasteiger partial charge in [0, 0.05) is 18.2 Å². The molecule has 0 aliphatic carbocycles. The topological polar surface area (TPSA) is 72.5 Å². The van der Waals surface area contributed by atoms with Crippen molar-refractivity contribution < 1.29 is 26.7 Å². The monoisotopic (exact) mass is 389 g/mol. The highest BCUT2D eigenvalue weighted by atomic mass is 35.5. The van der Waals surface area contributed by atoms with Crippen molar-refractivity contribution in [1.82, 2.24) is 0 Å². The maximum Gasteiger partial charge on any atom is 0.225 e. The second-order valence-electron chi connectivity index (χ2n) is 5.04. The first kappa shape index (κ1) is 19.1. The molecule has 0 spiro atoms. The Kier molecular flexibility index (Phi) is 5.97. The zero-order valence-electron chi connectivity index (χ0n) is 13.1. The van der Waals surface area contributed by atoms with Crippen LogP contribution in [-0.2, 0) is 14.6 Å². The third-order valence-electron chi connectivity index (χ3n) is 3.28. The summed E-state index contributed by atoms with van der Waals surface area (Å²) in [5.41, 5.74) is 0.0359. The van der Waals surface area contributed by atoms with Crippen molar-refractivity contribution >= 4 is 33.0 Å². The molecule has 0 aliphatic heterocycles. The maximum absolute atomic E-state index is 13.1. The van der Waals surface area contributed by atoms with E-state index in [1.165, 1.54) is 31.4 Å². The van der Waals surface area contributed by atoms with Gasteiger partial charge in [-0.15, -0.1) is 0 Å². The van der Waals surface area contributed by atoms with E-state index in [9.17, 15) is 22.0 Å². The Hall–Kier alpha value is -2.19. The summed E-state index contributed by atoms with van der Waals surface area (Å²) in [6, 6.07) is 6.83. The Bertz CT molecular complexity index is 903. The van der Waals surface area contributed by atoms with Crippen LogP contribution in [0.25, 0.3) is 0 Å². The average molecular weight is 390 g/mol. The standard InChI is InChI=1S/C16H14ClF2NO4S/c1-24-15-5-3-11(9-12(15)17)25(22,23)7-6-16(21)20-10-2-4-13(18)14(19)8-10/h2-5,8-9H,6-7H2,1H3,(H,20,21). The summed E-state index contributed by atoms with van der Waals surface area (Å²) in [5, 5.41) is 2.44. The van der Waals surface area contributed by atoms with Crippen molar-refractivity contribution in [3.63, 3.8) is 0 Å². The van der Waals surface area contributed by atoms with Crippen LogP contribution in [0.15, 0.2) is 41.3 Å². The fraction of sp³-hybridized carbons (Fsp3) is 0.188. The van der Waals surface area contributed by atoms with Gasteiger partial charge < -0.3 is 10.1 Å². The van der Waals surface area contributed by atoms with Crippen LogP contribution in [0.4, 0.5) is 14.5 Å². The number of benzene rings is 2. The van der Waals surface area contributed by atoms with Crippen molar-refractivity contribution in [3.05, 3.63) is 53.1 Å². The molecule has 134 valence electrons. The third kappa shape index (κ3) is 4.90. The van der Waals surface area contributed by atoms with E-state index >= 15 is 0 Å². The first-order valence-electron chi connectivity index (χ1n) is 7.04. The van der Waals surface area contributed by atoms with E-state index in [0.29, 0.717) is 5.75 Å². The Morgan fingerprint density at radius 3 is 2.48 bits per heavy atom. The minimum atomic E-state index is -3.74. The van der Waals surface area contributed by atoms with Gasteiger partial charge in [0.1, 0.15) is 5.75 Å². The van der Waals surface area contributed by atoms with Gasteiger partial charge in [-0.3, -0.25) is 4.79 Å². The number of nitrogens with one attached hydrogen (secondary N) is 1. The molecule has 2 aromatic carbocycles. The molecule has 9 heteroatoms. The van der Waals surface area contributed by atoms with Gasteiger partial charge in [-0.05, 0) is 30.3 Å². The lowest BCUT2D eigenvalue weighted by Gasteiger charge is -2.08. The summed E-state index contributed by atoms with van der Waals surface area (Å²) in [4.78, 5) is 11.8. The Balaban J connectivity index is 2.02. The molecule has 5 nitrogen and oxygen atoms in total. The first-order valence-corrected chi connectivity index (χ1v) is 9.07. The van der Waals surface area contributed by atoms with Crippen LogP contribution < -0.4 is 10.1 Å². The van der Waals surface area contributed by atoms with Crippen LogP contribution in [0.5, 0.6) is 5.75 Å². The van der Waals surface area contributed by atoms with Gasteiger partial charge in [0.2, 0.25) is 5.91 Å². The molecule has 25 heavy (non-hydrogen) atoms. The van der Waals surface area contributed by atoms with Gasteiger partial charge in [0.05, 0.1) is 22.8 Å². The largest absolute Gasteiger partial charge is 0.495 e. The normalized spacial score (nSPS) is 11.2. The van der Waals surface area contributed by atoms with Gasteiger partial charge in [-0.2, -0.15) is 0 Å². The number of anilines is 1. The molecule has 0 fully saturated rings. The van der Waals surface area contributed by atoms with Gasteiger partial charge in [-0.25, -0.2) is 17.2 Å². The second-order valence-corrected chi connectivity index (χ2v) is 7.56.